The zero-order valence-corrected chi connectivity index (χ0v) is 12.8. The van der Waals surface area contributed by atoms with Gasteiger partial charge in [0.15, 0.2) is 0 Å². The van der Waals surface area contributed by atoms with E-state index in [4.69, 9.17) is 21.1 Å². The molecule has 5 heteroatoms. The van der Waals surface area contributed by atoms with Gasteiger partial charge in [-0.1, -0.05) is 11.6 Å². The number of rotatable bonds is 7. The van der Waals surface area contributed by atoms with Crippen LogP contribution >= 0.6 is 11.6 Å². The molecule has 116 valence electrons. The van der Waals surface area contributed by atoms with Gasteiger partial charge in [-0.15, -0.1) is 0 Å². The van der Waals surface area contributed by atoms with Crippen LogP contribution in [0.5, 0.6) is 5.75 Å². The van der Waals surface area contributed by atoms with Crippen molar-refractivity contribution in [2.75, 3.05) is 19.8 Å². The van der Waals surface area contributed by atoms with Gasteiger partial charge in [-0.25, -0.2) is 0 Å². The Balaban J connectivity index is 1.37. The van der Waals surface area contributed by atoms with Crippen molar-refractivity contribution >= 4 is 11.6 Å². The van der Waals surface area contributed by atoms with E-state index < -0.39 is 6.10 Å². The van der Waals surface area contributed by atoms with E-state index in [1.54, 1.807) is 24.3 Å². The van der Waals surface area contributed by atoms with Crippen LogP contribution in [-0.4, -0.2) is 43.1 Å². The molecule has 4 nitrogen and oxygen atoms in total. The number of ether oxygens (including phenoxy) is 2. The molecular weight excluding hydrogens is 290 g/mol. The molecule has 2 fully saturated rings. The third-order valence-electron chi connectivity index (χ3n) is 4.09. The lowest BCUT2D eigenvalue weighted by molar-refractivity contribution is 0.0706. The quantitative estimate of drug-likeness (QED) is 0.811. The van der Waals surface area contributed by atoms with Gasteiger partial charge >= 0.3 is 0 Å². The van der Waals surface area contributed by atoms with E-state index in [0.29, 0.717) is 23.7 Å². The molecule has 3 rings (SSSR count). The van der Waals surface area contributed by atoms with Crippen LogP contribution in [0.25, 0.3) is 0 Å². The van der Waals surface area contributed by atoms with Crippen molar-refractivity contribution in [2.24, 2.45) is 5.92 Å². The van der Waals surface area contributed by atoms with E-state index in [-0.39, 0.29) is 6.61 Å². The monoisotopic (exact) mass is 311 g/mol. The van der Waals surface area contributed by atoms with Crippen molar-refractivity contribution < 1.29 is 14.6 Å². The molecule has 3 atom stereocenters. The second-order valence-electron chi connectivity index (χ2n) is 5.90. The van der Waals surface area contributed by atoms with Crippen LogP contribution in [-0.2, 0) is 4.74 Å². The third kappa shape index (κ3) is 4.33. The molecule has 1 aromatic carbocycles. The van der Waals surface area contributed by atoms with Crippen molar-refractivity contribution in [3.63, 3.8) is 0 Å². The molecule has 0 aromatic heterocycles. The minimum atomic E-state index is -0.527. The Hall–Kier alpha value is -0.810. The first-order valence-corrected chi connectivity index (χ1v) is 8.01. The molecular formula is C16H22ClNO3. The minimum Gasteiger partial charge on any atom is -0.491 e. The van der Waals surface area contributed by atoms with E-state index in [0.717, 1.165) is 24.7 Å². The van der Waals surface area contributed by atoms with Crippen molar-refractivity contribution in [3.8, 4) is 5.75 Å². The summed E-state index contributed by atoms with van der Waals surface area (Å²) in [5.41, 5.74) is 0. The summed E-state index contributed by atoms with van der Waals surface area (Å²) in [4.78, 5) is 0. The van der Waals surface area contributed by atoms with Gasteiger partial charge in [-0.05, 0) is 49.4 Å². The predicted molar refractivity (Wildman–Crippen MR) is 81.8 cm³/mol. The van der Waals surface area contributed by atoms with Crippen molar-refractivity contribution in [1.82, 2.24) is 5.32 Å². The van der Waals surface area contributed by atoms with Crippen LogP contribution < -0.4 is 10.1 Å². The molecule has 2 aliphatic rings. The Morgan fingerprint density at radius 2 is 2.05 bits per heavy atom. The highest BCUT2D eigenvalue weighted by molar-refractivity contribution is 6.30. The smallest absolute Gasteiger partial charge is 0.119 e. The summed E-state index contributed by atoms with van der Waals surface area (Å²) in [7, 11) is 0. The Bertz CT molecular complexity index is 449. The van der Waals surface area contributed by atoms with Crippen LogP contribution in [0.15, 0.2) is 24.3 Å². The summed E-state index contributed by atoms with van der Waals surface area (Å²) < 4.78 is 11.3. The SMILES string of the molecule is OC(CNC1CCOC1C1CC1)COc1ccc(Cl)cc1. The zero-order valence-electron chi connectivity index (χ0n) is 12.0. The summed E-state index contributed by atoms with van der Waals surface area (Å²) in [6.07, 6.45) is 3.41. The number of aliphatic hydroxyl groups excluding tert-OH is 1. The van der Waals surface area contributed by atoms with Gasteiger partial charge in [0.05, 0.1) is 6.10 Å². The Morgan fingerprint density at radius 1 is 1.29 bits per heavy atom. The lowest BCUT2D eigenvalue weighted by Gasteiger charge is -2.21. The molecule has 0 spiro atoms. The van der Waals surface area contributed by atoms with E-state index in [1.807, 2.05) is 0 Å². The highest BCUT2D eigenvalue weighted by atomic mass is 35.5. The largest absolute Gasteiger partial charge is 0.491 e. The van der Waals surface area contributed by atoms with Crippen molar-refractivity contribution in [2.45, 2.75) is 37.5 Å². The van der Waals surface area contributed by atoms with Gasteiger partial charge in [0.1, 0.15) is 18.5 Å². The molecule has 1 saturated heterocycles. The number of hydrogen-bond donors (Lipinski definition) is 2. The van der Waals surface area contributed by atoms with Crippen LogP contribution in [0.3, 0.4) is 0 Å². The third-order valence-corrected chi connectivity index (χ3v) is 4.35. The van der Waals surface area contributed by atoms with Crippen LogP contribution in [0, 0.1) is 5.92 Å². The zero-order chi connectivity index (χ0) is 14.7. The standard InChI is InChI=1S/C16H22ClNO3/c17-12-3-5-14(6-4-12)21-10-13(19)9-18-15-7-8-20-16(15)11-1-2-11/h3-6,11,13,15-16,18-19H,1-2,7-10H2. The van der Waals surface area contributed by atoms with Gasteiger partial charge in [0.2, 0.25) is 0 Å². The molecule has 1 aliphatic heterocycles. The van der Waals surface area contributed by atoms with Gasteiger partial charge in [-0.2, -0.15) is 0 Å². The fourth-order valence-electron chi connectivity index (χ4n) is 2.79. The molecule has 1 heterocycles. The van der Waals surface area contributed by atoms with E-state index in [2.05, 4.69) is 5.32 Å². The molecule has 1 saturated carbocycles. The summed E-state index contributed by atoms with van der Waals surface area (Å²) in [5.74, 6) is 1.45. The molecule has 1 aromatic rings. The van der Waals surface area contributed by atoms with Crippen molar-refractivity contribution in [3.05, 3.63) is 29.3 Å². The van der Waals surface area contributed by atoms with Gasteiger partial charge in [0.25, 0.3) is 0 Å². The number of benzene rings is 1. The predicted octanol–water partition coefficient (Wildman–Crippen LogP) is 2.24. The van der Waals surface area contributed by atoms with Gasteiger partial charge in [0, 0.05) is 24.2 Å². The molecule has 0 amide bonds. The minimum absolute atomic E-state index is 0.274. The average molecular weight is 312 g/mol. The number of hydrogen-bond acceptors (Lipinski definition) is 4. The first-order chi connectivity index (χ1) is 10.2. The molecule has 0 radical (unpaired) electrons. The normalized spacial score (nSPS) is 26.8. The van der Waals surface area contributed by atoms with Crippen LogP contribution in [0.2, 0.25) is 5.02 Å². The maximum atomic E-state index is 10.0. The van der Waals surface area contributed by atoms with Crippen LogP contribution in [0.4, 0.5) is 0 Å². The van der Waals surface area contributed by atoms with Crippen molar-refractivity contribution in [1.29, 1.82) is 0 Å². The summed E-state index contributed by atoms with van der Waals surface area (Å²) in [5, 5.41) is 14.1. The lowest BCUT2D eigenvalue weighted by Crippen LogP contribution is -2.42. The van der Waals surface area contributed by atoms with E-state index in [9.17, 15) is 5.11 Å². The molecule has 3 unspecified atom stereocenters. The fraction of sp³-hybridized carbons (Fsp3) is 0.625. The number of aliphatic hydroxyl groups is 1. The van der Waals surface area contributed by atoms with Gasteiger partial charge < -0.3 is 19.9 Å². The Kier molecular flexibility index (Phi) is 5.01. The molecule has 21 heavy (non-hydrogen) atoms. The van der Waals surface area contributed by atoms with Crippen LogP contribution in [0.1, 0.15) is 19.3 Å². The summed E-state index contributed by atoms with van der Waals surface area (Å²) >= 11 is 5.81. The van der Waals surface area contributed by atoms with E-state index >= 15 is 0 Å². The van der Waals surface area contributed by atoms with Gasteiger partial charge in [-0.3, -0.25) is 0 Å². The second-order valence-corrected chi connectivity index (χ2v) is 6.33. The maximum absolute atomic E-state index is 10.0. The fourth-order valence-corrected chi connectivity index (χ4v) is 2.91. The highest BCUT2D eigenvalue weighted by Gasteiger charge is 2.40. The first-order valence-electron chi connectivity index (χ1n) is 7.64. The number of halogens is 1. The second kappa shape index (κ2) is 6.97. The molecule has 1 aliphatic carbocycles. The Labute approximate surface area is 130 Å². The molecule has 0 bridgehead atoms. The van der Waals surface area contributed by atoms with E-state index in [1.165, 1.54) is 12.8 Å². The number of nitrogens with one attached hydrogen (secondary N) is 1. The highest BCUT2D eigenvalue weighted by Crippen LogP contribution is 2.38. The summed E-state index contributed by atoms with van der Waals surface area (Å²) in [6, 6.07) is 7.53. The maximum Gasteiger partial charge on any atom is 0.119 e. The Morgan fingerprint density at radius 3 is 2.76 bits per heavy atom. The lowest BCUT2D eigenvalue weighted by atomic mass is 10.1. The molecule has 2 N–H and O–H groups in total. The summed E-state index contributed by atoms with van der Waals surface area (Å²) in [6.45, 7) is 1.64. The topological polar surface area (TPSA) is 50.7 Å². The average Bonchev–Trinajstić information content (AvgIpc) is 3.23. The first kappa shape index (κ1) is 15.1.